The van der Waals surface area contributed by atoms with Gasteiger partial charge in [0.1, 0.15) is 6.54 Å². The van der Waals surface area contributed by atoms with Gasteiger partial charge in [-0.1, -0.05) is 61.9 Å². The van der Waals surface area contributed by atoms with Gasteiger partial charge in [0, 0.05) is 130 Å². The number of carbonyl (C=O) groups is 11. The second-order valence-electron chi connectivity index (χ2n) is 24.6. The summed E-state index contributed by atoms with van der Waals surface area (Å²) in [6, 6.07) is 6.33. The van der Waals surface area contributed by atoms with Crippen LogP contribution in [-0.2, 0) is 78.4 Å². The number of carbonyl (C=O) groups excluding carboxylic acids is 6. The Kier molecular flexibility index (Phi) is 30.5. The lowest BCUT2D eigenvalue weighted by Crippen LogP contribution is -2.48. The van der Waals surface area contributed by atoms with Crippen molar-refractivity contribution in [3.63, 3.8) is 0 Å². The Bertz CT molecular complexity index is 3400. The molecule has 0 unspecified atom stereocenters. The van der Waals surface area contributed by atoms with E-state index >= 15 is 0 Å². The summed E-state index contributed by atoms with van der Waals surface area (Å²) in [6.45, 7) is 16.0. The van der Waals surface area contributed by atoms with Gasteiger partial charge in [0.15, 0.2) is 23.1 Å². The molecule has 0 saturated heterocycles. The van der Waals surface area contributed by atoms with Crippen LogP contribution in [0.1, 0.15) is 174 Å². The van der Waals surface area contributed by atoms with E-state index in [1.807, 2.05) is 54.9 Å². The lowest BCUT2D eigenvalue weighted by molar-refractivity contribution is -0.438. The van der Waals surface area contributed by atoms with E-state index in [-0.39, 0.29) is 49.0 Å². The predicted molar refractivity (Wildman–Crippen MR) is 347 cm³/mol. The summed E-state index contributed by atoms with van der Waals surface area (Å²) in [7, 11) is -4.55. The van der Waals surface area contributed by atoms with Gasteiger partial charge in [0.25, 0.3) is 10.1 Å². The quantitative estimate of drug-likeness (QED) is 0.0132. The molecule has 0 saturated carbocycles. The number of benzene rings is 2. The maximum absolute atomic E-state index is 14.1. The minimum Gasteiger partial charge on any atom is -0.481 e. The normalized spacial score (nSPS) is 16.1. The molecule has 2 aromatic carbocycles. The fourth-order valence-electron chi connectivity index (χ4n) is 11.7. The molecule has 0 fully saturated rings. The molecule has 0 radical (unpaired) electrons. The molecule has 514 valence electrons. The number of rotatable bonds is 44. The van der Waals surface area contributed by atoms with Crippen LogP contribution in [0.15, 0.2) is 89.5 Å². The van der Waals surface area contributed by atoms with Gasteiger partial charge in [0.2, 0.25) is 23.4 Å². The first-order chi connectivity index (χ1) is 44.2. The fraction of sp³-hybridized carbons (Fsp3) is 0.529. The average Bonchev–Trinajstić information content (AvgIpc) is 1.62. The lowest BCUT2D eigenvalue weighted by atomic mass is 9.81. The molecule has 0 spiro atoms. The maximum atomic E-state index is 14.1. The van der Waals surface area contributed by atoms with Crippen molar-refractivity contribution >= 4 is 92.1 Å². The molecule has 2 aliphatic rings. The highest BCUT2D eigenvalue weighted by molar-refractivity contribution is 7.85. The van der Waals surface area contributed by atoms with E-state index < -0.39 is 181 Å². The number of nitrogens with zero attached hydrogens (tertiary/aromatic N) is 2. The summed E-state index contributed by atoms with van der Waals surface area (Å²) < 4.78 is 41.9. The van der Waals surface area contributed by atoms with Gasteiger partial charge in [-0.3, -0.25) is 57.3 Å². The van der Waals surface area contributed by atoms with Crippen LogP contribution in [0, 0.1) is 18.8 Å². The third-order valence-electron chi connectivity index (χ3n) is 16.8. The van der Waals surface area contributed by atoms with Gasteiger partial charge in [-0.05, 0) is 116 Å². The topological polar surface area (TPSA) is 395 Å². The summed E-state index contributed by atoms with van der Waals surface area (Å²) >= 11 is 0. The maximum Gasteiger partial charge on any atom is 0.303 e. The van der Waals surface area contributed by atoms with Crippen molar-refractivity contribution in [1.29, 1.82) is 0 Å². The number of aryl methyl sites for hydroxylation is 1. The summed E-state index contributed by atoms with van der Waals surface area (Å²) in [4.78, 5) is 143. The third kappa shape index (κ3) is 23.8. The van der Waals surface area contributed by atoms with Gasteiger partial charge in [-0.25, -0.2) is 0 Å². The number of nitrogens with one attached hydrogen (secondary N) is 3. The Hall–Kier alpha value is -8.49. The van der Waals surface area contributed by atoms with E-state index in [0.717, 1.165) is 12.3 Å². The van der Waals surface area contributed by atoms with Gasteiger partial charge in [-0.2, -0.15) is 13.0 Å². The number of ketones is 3. The summed E-state index contributed by atoms with van der Waals surface area (Å²) in [5, 5.41) is 55.0. The van der Waals surface area contributed by atoms with E-state index in [2.05, 4.69) is 72.8 Å². The summed E-state index contributed by atoms with van der Waals surface area (Å²) in [6.07, 6.45) is 7.58. The van der Waals surface area contributed by atoms with Crippen molar-refractivity contribution in [2.24, 2.45) is 11.8 Å². The minimum absolute atomic E-state index is 0.124. The summed E-state index contributed by atoms with van der Waals surface area (Å²) in [5.41, 5.74) is 6.07. The molecule has 2 aromatic rings. The van der Waals surface area contributed by atoms with E-state index in [4.69, 9.17) is 4.74 Å². The van der Waals surface area contributed by atoms with Crippen LogP contribution in [0.3, 0.4) is 0 Å². The van der Waals surface area contributed by atoms with Gasteiger partial charge >= 0.3 is 29.8 Å². The number of unbranched alkanes of at least 4 members (excludes halogenated alkanes) is 2. The first-order valence-electron chi connectivity index (χ1n) is 31.8. The number of anilines is 1. The van der Waals surface area contributed by atoms with Crippen LogP contribution in [-0.4, -0.2) is 158 Å². The molecular weight excluding hydrogens is 1240 g/mol. The Labute approximate surface area is 548 Å². The number of ether oxygens (including phenoxy) is 1. The third-order valence-corrected chi connectivity index (χ3v) is 17.7. The molecule has 0 bridgehead atoms. The Morgan fingerprint density at radius 1 is 0.574 bits per heavy atom. The van der Waals surface area contributed by atoms with E-state index in [0.29, 0.717) is 37.2 Å². The highest BCUT2D eigenvalue weighted by Gasteiger charge is 2.45. The van der Waals surface area contributed by atoms with E-state index in [1.54, 1.807) is 13.0 Å². The molecule has 26 heteroatoms. The molecule has 2 aliphatic heterocycles. The van der Waals surface area contributed by atoms with Crippen LogP contribution in [0.4, 0.5) is 11.4 Å². The zero-order valence-corrected chi connectivity index (χ0v) is 55.5. The monoisotopic (exact) mass is 1330 g/mol. The molecule has 25 nitrogen and oxygen atoms in total. The number of likely N-dealkylation sites (N-methyl/N-ethyl adjacent to an activating group) is 1. The molecule has 2 heterocycles. The predicted octanol–water partition coefficient (Wildman–Crippen LogP) is 7.86. The molecule has 94 heavy (non-hydrogen) atoms. The zero-order chi connectivity index (χ0) is 70.1. The fourth-order valence-corrected chi connectivity index (χ4v) is 12.2. The molecule has 3 amide bonds. The number of allylic oxidation sites excluding steroid dienone is 8. The van der Waals surface area contributed by atoms with Crippen molar-refractivity contribution in [3.8, 4) is 0 Å². The van der Waals surface area contributed by atoms with Gasteiger partial charge < -0.3 is 51.1 Å². The van der Waals surface area contributed by atoms with Crippen LogP contribution in [0.5, 0.6) is 0 Å². The average molecular weight is 1330 g/mol. The molecule has 5 atom stereocenters. The van der Waals surface area contributed by atoms with Crippen molar-refractivity contribution in [3.05, 3.63) is 101 Å². The van der Waals surface area contributed by atoms with Crippen molar-refractivity contribution < 1.29 is 101 Å². The van der Waals surface area contributed by atoms with Gasteiger partial charge in [-0.15, -0.1) is 0 Å². The molecule has 4 rings (SSSR count). The van der Waals surface area contributed by atoms with E-state index in [9.17, 15) is 91.2 Å². The van der Waals surface area contributed by atoms with Crippen molar-refractivity contribution in [2.45, 2.75) is 198 Å². The first kappa shape index (κ1) is 78.0. The summed E-state index contributed by atoms with van der Waals surface area (Å²) in [5.74, 6) is -15.0. The number of carboxylic acids is 5. The molecule has 0 aromatic heterocycles. The zero-order valence-electron chi connectivity index (χ0n) is 54.7. The first-order valence-corrected chi connectivity index (χ1v) is 33.2. The molecule has 9 N–H and O–H groups in total. The smallest absolute Gasteiger partial charge is 0.303 e. The molecule has 0 aliphatic carbocycles. The number of hydrogen-bond donors (Lipinski definition) is 9. The number of carboxylic acid groups (broad SMARTS) is 5. The minimum atomic E-state index is -4.55. The SMILES string of the molecule is CCOCCCC(=O)[C@@H](CCC(=O)O)NC(=O)[C@@H](CCC(=O)O)CC(=O)[C@@H](CCC(=O)O)NC(=O)[C@@H](CCC(=O)O)CC(=O)[C@@H](CCC(=O)O)NC(=O)CCCCC[N+]1=C(C=CC=CC=CC=C2N(CC)c3ccc(C)cc3C2(C)C)C(C)(C)c2cc(S(=O)(=O)O)ccc21. The number of amides is 3. The Morgan fingerprint density at radius 3 is 1.61 bits per heavy atom. The van der Waals surface area contributed by atoms with Crippen molar-refractivity contribution in [2.75, 3.05) is 31.2 Å². The van der Waals surface area contributed by atoms with Crippen molar-refractivity contribution in [1.82, 2.24) is 16.0 Å². The van der Waals surface area contributed by atoms with Gasteiger partial charge in [0.05, 0.1) is 28.4 Å². The molecular formula is C68H92N5O20S+. The van der Waals surface area contributed by atoms with Crippen LogP contribution in [0.25, 0.3) is 0 Å². The van der Waals surface area contributed by atoms with Crippen LogP contribution < -0.4 is 20.9 Å². The lowest BCUT2D eigenvalue weighted by Gasteiger charge is -2.25. The van der Waals surface area contributed by atoms with Crippen LogP contribution in [0.2, 0.25) is 0 Å². The second kappa shape index (κ2) is 36.8. The number of hydrogen-bond acceptors (Lipinski definition) is 15. The largest absolute Gasteiger partial charge is 0.481 e. The number of fused-ring (bicyclic) bond motifs is 2. The Morgan fingerprint density at radius 2 is 1.09 bits per heavy atom. The highest BCUT2D eigenvalue weighted by atomic mass is 32.2. The highest BCUT2D eigenvalue weighted by Crippen LogP contribution is 2.48. The number of aliphatic carboxylic acids is 5. The second-order valence-corrected chi connectivity index (χ2v) is 26.0. The number of Topliss-reactive ketones (excluding diaryl/α,β-unsaturated/α-hetero) is 3. The van der Waals surface area contributed by atoms with E-state index in [1.165, 1.54) is 34.6 Å². The standard InChI is InChI=1S/C68H91N5O20S/c1-8-72-52-30-23-43(3)39-47(52)67(4,5)57(72)20-14-11-10-12-15-21-58-68(6,7)48-42-46(94(90,91)92)26-31-53(48)73(58)37-17-13-16-22-59(77)69-50(28-35-63(84)85)55(75)40-44(24-32-60(78)79)66(89)71-51(29-36-64(86)87)56(76)41-45(25-33-61(80)81)65(88)70-49(27-34-62(82)83)54(74)19-18-38-93-9-2/h10-12,14-15,20-21,23,26,30-31,39,42,44-45,49-51H,8-9,13,16-19,22,24-25,27-29,32-38,40-41H2,1-7H3,(H8-,69,70,71,77,78,79,80,81,82,83,84,85,86,87,88,89,90,91,92)/p+1/t44-,45-,49+,50+,51+/m0/s1. The Balaban J connectivity index is 1.50. The van der Waals surface area contributed by atoms with Crippen LogP contribution >= 0.6 is 0 Å².